The van der Waals surface area contributed by atoms with Gasteiger partial charge < -0.3 is 21.3 Å². The average molecular weight is 734 g/mol. The number of nitrogens with zero attached hydrogens (tertiary/aromatic N) is 5. The number of hydrogen-bond donors (Lipinski definition) is 4. The summed E-state index contributed by atoms with van der Waals surface area (Å²) in [6, 6.07) is 18.0. The van der Waals surface area contributed by atoms with E-state index in [0.29, 0.717) is 42.1 Å². The van der Waals surface area contributed by atoms with E-state index >= 15 is 0 Å². The summed E-state index contributed by atoms with van der Waals surface area (Å²) < 4.78 is 0. The molecule has 12 nitrogen and oxygen atoms in total. The maximum absolute atomic E-state index is 13.8. The maximum Gasteiger partial charge on any atom is 0.270 e. The number of hydrogen-bond acceptors (Lipinski definition) is 9. The Morgan fingerprint density at radius 1 is 0.907 bits per heavy atom. The van der Waals surface area contributed by atoms with E-state index in [1.807, 2.05) is 49.4 Å². The summed E-state index contributed by atoms with van der Waals surface area (Å²) in [6.45, 7) is 9.20. The highest BCUT2D eigenvalue weighted by atomic mass is 16.2. The highest BCUT2D eigenvalue weighted by Gasteiger charge is 2.30. The molecule has 6 rings (SSSR count). The van der Waals surface area contributed by atoms with Crippen LogP contribution in [0, 0.1) is 24.7 Å². The highest BCUT2D eigenvalue weighted by molar-refractivity contribution is 5.96. The summed E-state index contributed by atoms with van der Waals surface area (Å²) >= 11 is 0. The van der Waals surface area contributed by atoms with Crippen molar-refractivity contribution in [1.82, 2.24) is 35.8 Å². The van der Waals surface area contributed by atoms with E-state index < -0.39 is 5.92 Å². The van der Waals surface area contributed by atoms with Gasteiger partial charge in [-0.15, -0.1) is 10.2 Å². The number of nitrogens with two attached hydrogens (primary N) is 1. The molecule has 2 amide bonds. The molecule has 2 aromatic heterocycles. The number of ketones is 1. The molecule has 0 aliphatic heterocycles. The minimum absolute atomic E-state index is 0.0344. The summed E-state index contributed by atoms with van der Waals surface area (Å²) in [5.41, 5.74) is 11.6. The number of benzene rings is 2. The second-order valence-corrected chi connectivity index (χ2v) is 15.1. The number of aromatic amines is 1. The van der Waals surface area contributed by atoms with Crippen LogP contribution in [-0.4, -0.2) is 79.8 Å². The van der Waals surface area contributed by atoms with Gasteiger partial charge in [0, 0.05) is 53.4 Å². The molecule has 2 aliphatic rings. The number of pyridine rings is 1. The minimum Gasteiger partial charge on any atom is -0.348 e. The van der Waals surface area contributed by atoms with Gasteiger partial charge in [-0.1, -0.05) is 38.1 Å². The van der Waals surface area contributed by atoms with Gasteiger partial charge in [0.2, 0.25) is 11.7 Å². The van der Waals surface area contributed by atoms with Crippen molar-refractivity contribution in [2.75, 3.05) is 25.0 Å². The average Bonchev–Trinajstić information content (AvgIpc) is 3.75. The van der Waals surface area contributed by atoms with E-state index in [1.54, 1.807) is 18.3 Å². The molecule has 0 bridgehead atoms. The monoisotopic (exact) mass is 733 g/mol. The Bertz CT molecular complexity index is 1830. The third-order valence-electron chi connectivity index (χ3n) is 11.7. The molecule has 2 saturated carbocycles. The number of Topliss-reactive ketones (excluding diaryl/α,β-unsaturated/α-hetero) is 1. The lowest BCUT2D eigenvalue weighted by Gasteiger charge is -2.36. The Kier molecular flexibility index (Phi) is 13.3. The van der Waals surface area contributed by atoms with Crippen LogP contribution in [0.5, 0.6) is 0 Å². The number of aromatic nitrogens is 5. The third-order valence-corrected chi connectivity index (χ3v) is 11.7. The molecule has 0 spiro atoms. The summed E-state index contributed by atoms with van der Waals surface area (Å²) in [7, 11) is 0. The summed E-state index contributed by atoms with van der Waals surface area (Å²) in [5, 5.41) is 20.3. The van der Waals surface area contributed by atoms with Gasteiger partial charge in [-0.05, 0) is 142 Å². The number of anilines is 1. The van der Waals surface area contributed by atoms with Crippen molar-refractivity contribution in [2.24, 2.45) is 23.5 Å². The lowest BCUT2D eigenvalue weighted by molar-refractivity contribution is -0.129. The third kappa shape index (κ3) is 9.83. The normalized spacial score (nSPS) is 20.7. The SMILES string of the molecule is CCN(CC)C1CCC(NC(=O)c2cc(C)c(-c3ccc(C[C@H](CC(=O)C4CCC(CN)CC4)C(=O)Nc4ccc(-c5nn[nH]n5)cc4)cc3)cn2)CC1. The van der Waals surface area contributed by atoms with E-state index in [2.05, 4.69) is 55.0 Å². The molecule has 1 atom stereocenters. The van der Waals surface area contributed by atoms with Crippen LogP contribution in [0.2, 0.25) is 0 Å². The number of carbonyl (C=O) groups is 3. The number of tetrazole rings is 1. The van der Waals surface area contributed by atoms with Crippen LogP contribution in [0.25, 0.3) is 22.5 Å². The summed E-state index contributed by atoms with van der Waals surface area (Å²) in [4.78, 5) is 47.6. The molecule has 0 radical (unpaired) electrons. The lowest BCUT2D eigenvalue weighted by Crippen LogP contribution is -2.44. The predicted octanol–water partition coefficient (Wildman–Crippen LogP) is 6.14. The van der Waals surface area contributed by atoms with E-state index in [-0.39, 0.29) is 36.0 Å². The van der Waals surface area contributed by atoms with Crippen molar-refractivity contribution in [3.8, 4) is 22.5 Å². The zero-order chi connectivity index (χ0) is 38.0. The number of carbonyl (C=O) groups excluding carboxylic acids is 3. The van der Waals surface area contributed by atoms with Crippen LogP contribution in [0.4, 0.5) is 5.69 Å². The van der Waals surface area contributed by atoms with Gasteiger partial charge in [-0.3, -0.25) is 19.4 Å². The molecule has 0 unspecified atom stereocenters. The standard InChI is InChI=1S/C42H55N9O3/c1-4-51(5-2)36-20-18-35(19-21-36)46-42(54)38-22-27(3)37(26-44-38)30-10-6-28(7-11-30)23-33(24-39(52)31-12-8-29(25-43)9-13-31)41(53)45-34-16-14-32(15-17-34)40-47-49-50-48-40/h6-7,10-11,14-17,22,26,29,31,33,35-36H,4-5,8-9,12-13,18-21,23-25,43H2,1-3H3,(H,45,53)(H,46,54)(H,47,48,49,50)/t29?,31?,33-,35?,36?/m1/s1. The molecule has 2 fully saturated rings. The molecule has 4 aromatic rings. The van der Waals surface area contributed by atoms with Gasteiger partial charge in [0.15, 0.2) is 0 Å². The molecule has 0 saturated heterocycles. The van der Waals surface area contributed by atoms with E-state index in [1.165, 1.54) is 0 Å². The summed E-state index contributed by atoms with van der Waals surface area (Å²) in [5.74, 6) is 0.195. The van der Waals surface area contributed by atoms with Crippen LogP contribution in [-0.2, 0) is 16.0 Å². The fraction of sp³-hybridized carbons (Fsp3) is 0.500. The van der Waals surface area contributed by atoms with Gasteiger partial charge in [0.25, 0.3) is 5.91 Å². The fourth-order valence-electron chi connectivity index (χ4n) is 8.29. The smallest absolute Gasteiger partial charge is 0.270 e. The zero-order valence-corrected chi connectivity index (χ0v) is 31.9. The quantitative estimate of drug-likeness (QED) is 0.112. The predicted molar refractivity (Wildman–Crippen MR) is 210 cm³/mol. The first-order chi connectivity index (χ1) is 26.2. The van der Waals surface area contributed by atoms with E-state index in [0.717, 1.165) is 92.3 Å². The first-order valence-electron chi connectivity index (χ1n) is 19.7. The van der Waals surface area contributed by atoms with E-state index in [4.69, 9.17) is 5.73 Å². The van der Waals surface area contributed by atoms with Crippen molar-refractivity contribution >= 4 is 23.3 Å². The largest absolute Gasteiger partial charge is 0.348 e. The highest BCUT2D eigenvalue weighted by Crippen LogP contribution is 2.32. The molecule has 286 valence electrons. The van der Waals surface area contributed by atoms with Crippen LogP contribution >= 0.6 is 0 Å². The topological polar surface area (TPSA) is 172 Å². The molecule has 12 heteroatoms. The van der Waals surface area contributed by atoms with Crippen molar-refractivity contribution in [2.45, 2.75) is 97.1 Å². The number of H-pyrrole nitrogens is 1. The van der Waals surface area contributed by atoms with Gasteiger partial charge in [0.1, 0.15) is 11.5 Å². The molecule has 2 heterocycles. The Morgan fingerprint density at radius 3 is 2.20 bits per heavy atom. The number of amides is 2. The van der Waals surface area contributed by atoms with Crippen molar-refractivity contribution in [3.05, 3.63) is 77.6 Å². The Morgan fingerprint density at radius 2 is 1.59 bits per heavy atom. The molecule has 2 aliphatic carbocycles. The van der Waals surface area contributed by atoms with Gasteiger partial charge >= 0.3 is 0 Å². The first kappa shape index (κ1) is 38.9. The number of rotatable bonds is 15. The van der Waals surface area contributed by atoms with Crippen LogP contribution < -0.4 is 16.4 Å². The lowest BCUT2D eigenvalue weighted by atomic mass is 9.77. The second-order valence-electron chi connectivity index (χ2n) is 15.1. The number of aryl methyl sites for hydroxylation is 1. The molecule has 5 N–H and O–H groups in total. The Balaban J connectivity index is 1.10. The number of nitrogens with one attached hydrogen (secondary N) is 3. The van der Waals surface area contributed by atoms with Crippen molar-refractivity contribution < 1.29 is 14.4 Å². The van der Waals surface area contributed by atoms with Crippen LogP contribution in [0.1, 0.15) is 93.3 Å². The van der Waals surface area contributed by atoms with Crippen molar-refractivity contribution in [3.63, 3.8) is 0 Å². The fourth-order valence-corrected chi connectivity index (χ4v) is 8.29. The molecular weight excluding hydrogens is 679 g/mol. The first-order valence-corrected chi connectivity index (χ1v) is 19.7. The Hall–Kier alpha value is -4.81. The van der Waals surface area contributed by atoms with Crippen molar-refractivity contribution in [1.29, 1.82) is 0 Å². The molecular formula is C42H55N9O3. The van der Waals surface area contributed by atoms with Crippen LogP contribution in [0.15, 0.2) is 60.8 Å². The van der Waals surface area contributed by atoms with Gasteiger partial charge in [-0.25, -0.2) is 0 Å². The van der Waals surface area contributed by atoms with Gasteiger partial charge in [0.05, 0.1) is 0 Å². The van der Waals surface area contributed by atoms with Crippen LogP contribution in [0.3, 0.4) is 0 Å². The Labute approximate surface area is 318 Å². The second kappa shape index (κ2) is 18.5. The maximum atomic E-state index is 13.8. The van der Waals surface area contributed by atoms with E-state index in [9.17, 15) is 14.4 Å². The molecule has 54 heavy (non-hydrogen) atoms. The molecule has 2 aromatic carbocycles. The minimum atomic E-state index is -0.541. The zero-order valence-electron chi connectivity index (χ0n) is 31.9. The summed E-state index contributed by atoms with van der Waals surface area (Å²) in [6.07, 6.45) is 10.1. The van der Waals surface area contributed by atoms with Gasteiger partial charge in [-0.2, -0.15) is 5.21 Å².